The minimum absolute atomic E-state index is 0.278. The van der Waals surface area contributed by atoms with Crippen molar-refractivity contribution in [3.8, 4) is 11.5 Å². The van der Waals surface area contributed by atoms with E-state index in [9.17, 15) is 4.79 Å². The van der Waals surface area contributed by atoms with Gasteiger partial charge in [-0.25, -0.2) is 0 Å². The zero-order valence-electron chi connectivity index (χ0n) is 15.7. The number of halogens is 1. The summed E-state index contributed by atoms with van der Waals surface area (Å²) in [4.78, 5) is 16.7. The number of benzene rings is 2. The number of anilines is 1. The van der Waals surface area contributed by atoms with Gasteiger partial charge in [-0.05, 0) is 55.8 Å². The minimum atomic E-state index is -0.711. The normalized spacial score (nSPS) is 11.5. The molecule has 2 aromatic carbocycles. The Bertz CT molecular complexity index is 948. The van der Waals surface area contributed by atoms with Crippen molar-refractivity contribution >= 4 is 23.2 Å². The highest BCUT2D eigenvalue weighted by molar-refractivity contribution is 6.32. The number of carbonyl (C=O) groups is 1. The Morgan fingerprint density at radius 1 is 1.14 bits per heavy atom. The summed E-state index contributed by atoms with van der Waals surface area (Å²) in [5, 5.41) is 3.30. The van der Waals surface area contributed by atoms with Gasteiger partial charge in [0, 0.05) is 18.0 Å². The molecular formula is C22H21ClN2O3. The van der Waals surface area contributed by atoms with Crippen molar-refractivity contribution in [2.45, 2.75) is 26.6 Å². The second-order valence-electron chi connectivity index (χ2n) is 6.32. The van der Waals surface area contributed by atoms with Gasteiger partial charge in [0.15, 0.2) is 6.10 Å². The number of aryl methyl sites for hydroxylation is 1. The van der Waals surface area contributed by atoms with Gasteiger partial charge in [-0.3, -0.25) is 9.78 Å². The molecule has 1 atom stereocenters. The van der Waals surface area contributed by atoms with Crippen LogP contribution < -0.4 is 14.8 Å². The standard InChI is InChI=1S/C22H21ClN2O3/c1-15-9-10-20(23)21(12-15)28-16(2)22(26)25-17-7-5-8-19(13-17)27-14-18-6-3-4-11-24-18/h3-13,16H,14H2,1-2H3,(H,25,26). The number of hydrogen-bond donors (Lipinski definition) is 1. The molecule has 0 radical (unpaired) electrons. The Morgan fingerprint density at radius 2 is 2.00 bits per heavy atom. The smallest absolute Gasteiger partial charge is 0.265 e. The molecule has 1 unspecified atom stereocenters. The maximum atomic E-state index is 12.5. The van der Waals surface area contributed by atoms with E-state index in [0.29, 0.717) is 28.8 Å². The summed E-state index contributed by atoms with van der Waals surface area (Å²) in [7, 11) is 0. The third-order valence-electron chi connectivity index (χ3n) is 3.97. The van der Waals surface area contributed by atoms with Crippen LogP contribution in [-0.2, 0) is 11.4 Å². The van der Waals surface area contributed by atoms with Crippen LogP contribution in [0.2, 0.25) is 5.02 Å². The van der Waals surface area contributed by atoms with Gasteiger partial charge >= 0.3 is 0 Å². The monoisotopic (exact) mass is 396 g/mol. The van der Waals surface area contributed by atoms with Gasteiger partial charge in [-0.15, -0.1) is 0 Å². The molecule has 0 bridgehead atoms. The number of pyridine rings is 1. The molecule has 0 spiro atoms. The SMILES string of the molecule is Cc1ccc(Cl)c(OC(C)C(=O)Nc2cccc(OCc3ccccn3)c2)c1. The number of nitrogens with zero attached hydrogens (tertiary/aromatic N) is 1. The summed E-state index contributed by atoms with van der Waals surface area (Å²) in [5.41, 5.74) is 2.45. The lowest BCUT2D eigenvalue weighted by atomic mass is 10.2. The first kappa shape index (κ1) is 19.7. The minimum Gasteiger partial charge on any atom is -0.487 e. The molecular weight excluding hydrogens is 376 g/mol. The van der Waals surface area contributed by atoms with Gasteiger partial charge in [-0.1, -0.05) is 29.8 Å². The van der Waals surface area contributed by atoms with Crippen LogP contribution in [0.25, 0.3) is 0 Å². The lowest BCUT2D eigenvalue weighted by Crippen LogP contribution is -2.30. The highest BCUT2D eigenvalue weighted by atomic mass is 35.5. The van der Waals surface area contributed by atoms with Gasteiger partial charge in [0.1, 0.15) is 18.1 Å². The van der Waals surface area contributed by atoms with E-state index >= 15 is 0 Å². The van der Waals surface area contributed by atoms with Gasteiger partial charge in [-0.2, -0.15) is 0 Å². The van der Waals surface area contributed by atoms with E-state index in [-0.39, 0.29) is 5.91 Å². The van der Waals surface area contributed by atoms with E-state index in [0.717, 1.165) is 11.3 Å². The summed E-state index contributed by atoms with van der Waals surface area (Å²) < 4.78 is 11.4. The van der Waals surface area contributed by atoms with Crippen LogP contribution >= 0.6 is 11.6 Å². The highest BCUT2D eigenvalue weighted by Crippen LogP contribution is 2.26. The first-order chi connectivity index (χ1) is 13.5. The number of ether oxygens (including phenoxy) is 2. The van der Waals surface area contributed by atoms with Crippen molar-refractivity contribution in [1.82, 2.24) is 4.98 Å². The number of amides is 1. The molecule has 0 aliphatic carbocycles. The van der Waals surface area contributed by atoms with E-state index in [4.69, 9.17) is 21.1 Å². The van der Waals surface area contributed by atoms with Crippen molar-refractivity contribution in [3.63, 3.8) is 0 Å². The first-order valence-corrected chi connectivity index (χ1v) is 9.25. The van der Waals surface area contributed by atoms with Crippen LogP contribution in [0.3, 0.4) is 0 Å². The zero-order chi connectivity index (χ0) is 19.9. The maximum Gasteiger partial charge on any atom is 0.265 e. The van der Waals surface area contributed by atoms with E-state index < -0.39 is 6.10 Å². The van der Waals surface area contributed by atoms with Gasteiger partial charge in [0.05, 0.1) is 10.7 Å². The average Bonchev–Trinajstić information content (AvgIpc) is 2.70. The molecule has 0 aliphatic heterocycles. The van der Waals surface area contributed by atoms with Crippen molar-refractivity contribution in [2.24, 2.45) is 0 Å². The molecule has 5 nitrogen and oxygen atoms in total. The number of nitrogens with one attached hydrogen (secondary N) is 1. The van der Waals surface area contributed by atoms with Gasteiger partial charge in [0.25, 0.3) is 5.91 Å². The second kappa shape index (κ2) is 9.24. The maximum absolute atomic E-state index is 12.5. The molecule has 0 saturated carbocycles. The molecule has 0 aliphatic rings. The molecule has 28 heavy (non-hydrogen) atoms. The molecule has 1 amide bonds. The largest absolute Gasteiger partial charge is 0.487 e. The first-order valence-electron chi connectivity index (χ1n) is 8.88. The fourth-order valence-electron chi connectivity index (χ4n) is 2.49. The highest BCUT2D eigenvalue weighted by Gasteiger charge is 2.16. The fourth-order valence-corrected chi connectivity index (χ4v) is 2.66. The lowest BCUT2D eigenvalue weighted by Gasteiger charge is -2.16. The number of aromatic nitrogens is 1. The summed E-state index contributed by atoms with van der Waals surface area (Å²) in [5.74, 6) is 0.843. The molecule has 1 N–H and O–H groups in total. The van der Waals surface area contributed by atoms with Crippen LogP contribution in [0, 0.1) is 6.92 Å². The Labute approximate surface area is 169 Å². The molecule has 3 rings (SSSR count). The Balaban J connectivity index is 1.59. The van der Waals surface area contributed by atoms with E-state index in [1.807, 2.05) is 43.3 Å². The number of rotatable bonds is 7. The molecule has 1 aromatic heterocycles. The summed E-state index contributed by atoms with van der Waals surface area (Å²) >= 11 is 6.13. The predicted molar refractivity (Wildman–Crippen MR) is 110 cm³/mol. The molecule has 0 fully saturated rings. The Hall–Kier alpha value is -3.05. The summed E-state index contributed by atoms with van der Waals surface area (Å²) in [6.07, 6.45) is 1.01. The topological polar surface area (TPSA) is 60.5 Å². The van der Waals surface area contributed by atoms with Crippen LogP contribution in [0.4, 0.5) is 5.69 Å². The molecule has 6 heteroatoms. The molecule has 0 saturated heterocycles. The van der Waals surface area contributed by atoms with E-state index in [2.05, 4.69) is 10.3 Å². The lowest BCUT2D eigenvalue weighted by molar-refractivity contribution is -0.122. The molecule has 3 aromatic rings. The van der Waals surface area contributed by atoms with Crippen molar-refractivity contribution < 1.29 is 14.3 Å². The summed E-state index contributed by atoms with van der Waals surface area (Å²) in [6.45, 7) is 3.96. The number of hydrogen-bond acceptors (Lipinski definition) is 4. The zero-order valence-corrected chi connectivity index (χ0v) is 16.4. The average molecular weight is 397 g/mol. The van der Waals surface area contributed by atoms with E-state index in [1.165, 1.54) is 0 Å². The van der Waals surface area contributed by atoms with Crippen molar-refractivity contribution in [3.05, 3.63) is 83.1 Å². The van der Waals surface area contributed by atoms with Crippen LogP contribution in [0.1, 0.15) is 18.2 Å². The Morgan fingerprint density at radius 3 is 2.79 bits per heavy atom. The van der Waals surface area contributed by atoms with Crippen molar-refractivity contribution in [2.75, 3.05) is 5.32 Å². The quantitative estimate of drug-likeness (QED) is 0.608. The second-order valence-corrected chi connectivity index (χ2v) is 6.73. The molecule has 144 valence electrons. The predicted octanol–water partition coefficient (Wildman–Crippen LogP) is 5.03. The van der Waals surface area contributed by atoms with Gasteiger partial charge < -0.3 is 14.8 Å². The van der Waals surface area contributed by atoms with Crippen LogP contribution in [0.5, 0.6) is 11.5 Å². The number of carbonyl (C=O) groups excluding carboxylic acids is 1. The van der Waals surface area contributed by atoms with Crippen molar-refractivity contribution in [1.29, 1.82) is 0 Å². The van der Waals surface area contributed by atoms with E-state index in [1.54, 1.807) is 37.4 Å². The third kappa shape index (κ3) is 5.47. The molecule has 1 heterocycles. The van der Waals surface area contributed by atoms with Gasteiger partial charge in [0.2, 0.25) is 0 Å². The van der Waals surface area contributed by atoms with Crippen LogP contribution in [0.15, 0.2) is 66.9 Å². The van der Waals surface area contributed by atoms with Crippen LogP contribution in [-0.4, -0.2) is 17.0 Å². The Kier molecular flexibility index (Phi) is 6.50. The third-order valence-corrected chi connectivity index (χ3v) is 4.29. The summed E-state index contributed by atoms with van der Waals surface area (Å²) in [6, 6.07) is 18.3. The fraction of sp³-hybridized carbons (Fsp3) is 0.182.